The maximum absolute atomic E-state index is 9.32. The van der Waals surface area contributed by atoms with Crippen molar-refractivity contribution in [3.63, 3.8) is 0 Å². The van der Waals surface area contributed by atoms with Gasteiger partial charge >= 0.3 is 0 Å². The largest absolute Gasteiger partial charge is 0.389 e. The predicted molar refractivity (Wildman–Crippen MR) is 54.8 cm³/mol. The molecule has 0 bridgehead atoms. The number of ether oxygens (including phenoxy) is 1. The van der Waals surface area contributed by atoms with Gasteiger partial charge in [-0.15, -0.1) is 6.58 Å². The Labute approximate surface area is 80.8 Å². The zero-order valence-corrected chi connectivity index (χ0v) is 8.62. The molecule has 0 saturated carbocycles. The standard InChI is InChI=1S/C10H21NO2/c1-4-5-6-9(2)11-7-10(12)8-13-3/h4,9-12H,1,5-8H2,2-3H3. The second-order valence-electron chi connectivity index (χ2n) is 3.28. The number of hydrogen-bond acceptors (Lipinski definition) is 3. The molecule has 0 spiro atoms. The number of rotatable bonds is 8. The van der Waals surface area contributed by atoms with Crippen LogP contribution in [0.3, 0.4) is 0 Å². The zero-order valence-electron chi connectivity index (χ0n) is 8.62. The van der Waals surface area contributed by atoms with Gasteiger partial charge in [0.05, 0.1) is 12.7 Å². The van der Waals surface area contributed by atoms with E-state index in [1.54, 1.807) is 7.11 Å². The number of methoxy groups -OCH3 is 1. The summed E-state index contributed by atoms with van der Waals surface area (Å²) in [5.74, 6) is 0. The Morgan fingerprint density at radius 2 is 2.31 bits per heavy atom. The number of hydrogen-bond donors (Lipinski definition) is 2. The first-order valence-corrected chi connectivity index (χ1v) is 4.72. The predicted octanol–water partition coefficient (Wildman–Crippen LogP) is 0.938. The van der Waals surface area contributed by atoms with Crippen molar-refractivity contribution in [1.29, 1.82) is 0 Å². The van der Waals surface area contributed by atoms with Crippen LogP contribution in [0.4, 0.5) is 0 Å². The van der Waals surface area contributed by atoms with Crippen molar-refractivity contribution >= 4 is 0 Å². The Kier molecular flexibility index (Phi) is 7.99. The summed E-state index contributed by atoms with van der Waals surface area (Å²) >= 11 is 0. The first-order valence-electron chi connectivity index (χ1n) is 4.72. The lowest BCUT2D eigenvalue weighted by molar-refractivity contribution is 0.0629. The summed E-state index contributed by atoms with van der Waals surface area (Å²) in [6.07, 6.45) is 3.57. The van der Waals surface area contributed by atoms with Crippen molar-refractivity contribution < 1.29 is 9.84 Å². The lowest BCUT2D eigenvalue weighted by atomic mass is 10.2. The molecule has 0 fully saturated rings. The van der Waals surface area contributed by atoms with E-state index in [1.165, 1.54) is 0 Å². The molecule has 2 unspecified atom stereocenters. The van der Waals surface area contributed by atoms with Gasteiger partial charge in [0.2, 0.25) is 0 Å². The Bertz CT molecular complexity index is 128. The summed E-state index contributed by atoms with van der Waals surface area (Å²) in [5.41, 5.74) is 0. The molecule has 0 aromatic carbocycles. The summed E-state index contributed by atoms with van der Waals surface area (Å²) in [5, 5.41) is 12.5. The van der Waals surface area contributed by atoms with Crippen molar-refractivity contribution in [2.45, 2.75) is 31.9 Å². The highest BCUT2D eigenvalue weighted by Gasteiger charge is 2.05. The fraction of sp³-hybridized carbons (Fsp3) is 0.800. The normalized spacial score (nSPS) is 15.3. The number of aliphatic hydroxyl groups is 1. The maximum Gasteiger partial charge on any atom is 0.0897 e. The van der Waals surface area contributed by atoms with E-state index in [4.69, 9.17) is 4.74 Å². The highest BCUT2D eigenvalue weighted by Crippen LogP contribution is 1.96. The minimum atomic E-state index is -0.406. The summed E-state index contributed by atoms with van der Waals surface area (Å²) in [6, 6.07) is 0.421. The first-order chi connectivity index (χ1) is 6.20. The van der Waals surface area contributed by atoms with E-state index < -0.39 is 6.10 Å². The minimum Gasteiger partial charge on any atom is -0.389 e. The van der Waals surface area contributed by atoms with E-state index in [2.05, 4.69) is 18.8 Å². The third-order valence-corrected chi connectivity index (χ3v) is 1.86. The highest BCUT2D eigenvalue weighted by atomic mass is 16.5. The van der Waals surface area contributed by atoms with Gasteiger partial charge in [0, 0.05) is 19.7 Å². The van der Waals surface area contributed by atoms with E-state index >= 15 is 0 Å². The van der Waals surface area contributed by atoms with Crippen molar-refractivity contribution in [3.05, 3.63) is 12.7 Å². The van der Waals surface area contributed by atoms with Crippen molar-refractivity contribution in [2.24, 2.45) is 0 Å². The molecule has 0 aliphatic heterocycles. The van der Waals surface area contributed by atoms with Crippen LogP contribution < -0.4 is 5.32 Å². The van der Waals surface area contributed by atoms with Crippen molar-refractivity contribution in [1.82, 2.24) is 5.32 Å². The van der Waals surface area contributed by atoms with Gasteiger partial charge in [-0.25, -0.2) is 0 Å². The van der Waals surface area contributed by atoms with Crippen LogP contribution >= 0.6 is 0 Å². The molecular formula is C10H21NO2. The molecule has 0 saturated heterocycles. The van der Waals surface area contributed by atoms with Crippen LogP contribution in [-0.4, -0.2) is 37.5 Å². The zero-order chi connectivity index (χ0) is 10.1. The molecule has 0 radical (unpaired) electrons. The molecule has 2 N–H and O–H groups in total. The smallest absolute Gasteiger partial charge is 0.0897 e. The van der Waals surface area contributed by atoms with Crippen LogP contribution in [0.25, 0.3) is 0 Å². The van der Waals surface area contributed by atoms with Crippen LogP contribution in [-0.2, 0) is 4.74 Å². The average molecular weight is 187 g/mol. The Hall–Kier alpha value is -0.380. The molecule has 0 aromatic rings. The van der Waals surface area contributed by atoms with Gasteiger partial charge < -0.3 is 15.2 Å². The molecule has 0 aliphatic rings. The van der Waals surface area contributed by atoms with Gasteiger partial charge in [0.15, 0.2) is 0 Å². The fourth-order valence-electron chi connectivity index (χ4n) is 1.06. The van der Waals surface area contributed by atoms with Crippen LogP contribution in [0.15, 0.2) is 12.7 Å². The van der Waals surface area contributed by atoms with E-state index in [-0.39, 0.29) is 0 Å². The van der Waals surface area contributed by atoms with Gasteiger partial charge in [-0.1, -0.05) is 6.08 Å². The third-order valence-electron chi connectivity index (χ3n) is 1.86. The third kappa shape index (κ3) is 7.96. The molecule has 0 aromatic heterocycles. The Balaban J connectivity index is 3.33. The molecule has 0 rings (SSSR count). The van der Waals surface area contributed by atoms with Crippen molar-refractivity contribution in [3.8, 4) is 0 Å². The average Bonchev–Trinajstić information content (AvgIpc) is 2.12. The quantitative estimate of drug-likeness (QED) is 0.556. The van der Waals surface area contributed by atoms with Gasteiger partial charge in [-0.05, 0) is 19.8 Å². The van der Waals surface area contributed by atoms with Crippen molar-refractivity contribution in [2.75, 3.05) is 20.3 Å². The molecule has 0 heterocycles. The summed E-state index contributed by atoms with van der Waals surface area (Å²) in [6.45, 7) is 6.74. The van der Waals surface area contributed by atoms with Crippen LogP contribution in [0.1, 0.15) is 19.8 Å². The lowest BCUT2D eigenvalue weighted by Gasteiger charge is -2.15. The molecule has 0 amide bonds. The molecule has 78 valence electrons. The second-order valence-corrected chi connectivity index (χ2v) is 3.28. The Morgan fingerprint density at radius 1 is 1.62 bits per heavy atom. The number of aliphatic hydroxyl groups excluding tert-OH is 1. The van der Waals surface area contributed by atoms with Gasteiger partial charge in [-0.3, -0.25) is 0 Å². The highest BCUT2D eigenvalue weighted by molar-refractivity contribution is 4.72. The Morgan fingerprint density at radius 3 is 2.85 bits per heavy atom. The number of nitrogens with one attached hydrogen (secondary N) is 1. The SMILES string of the molecule is C=CCCC(C)NCC(O)COC. The molecule has 3 heteroatoms. The molecule has 3 nitrogen and oxygen atoms in total. The second kappa shape index (κ2) is 8.23. The van der Waals surface area contributed by atoms with E-state index in [1.807, 2.05) is 6.08 Å². The summed E-state index contributed by atoms with van der Waals surface area (Å²) < 4.78 is 4.81. The lowest BCUT2D eigenvalue weighted by Crippen LogP contribution is -2.35. The van der Waals surface area contributed by atoms with E-state index in [0.717, 1.165) is 12.8 Å². The van der Waals surface area contributed by atoms with Gasteiger partial charge in [0.25, 0.3) is 0 Å². The fourth-order valence-corrected chi connectivity index (χ4v) is 1.06. The molecule has 13 heavy (non-hydrogen) atoms. The number of allylic oxidation sites excluding steroid dienone is 1. The first kappa shape index (κ1) is 12.6. The molecular weight excluding hydrogens is 166 g/mol. The van der Waals surface area contributed by atoms with Crippen LogP contribution in [0.2, 0.25) is 0 Å². The minimum absolute atomic E-state index is 0.390. The maximum atomic E-state index is 9.32. The topological polar surface area (TPSA) is 41.5 Å². The summed E-state index contributed by atoms with van der Waals surface area (Å²) in [4.78, 5) is 0. The molecule has 0 aliphatic carbocycles. The van der Waals surface area contributed by atoms with Crippen LogP contribution in [0, 0.1) is 0 Å². The van der Waals surface area contributed by atoms with Gasteiger partial charge in [0.1, 0.15) is 0 Å². The van der Waals surface area contributed by atoms with E-state index in [0.29, 0.717) is 19.2 Å². The van der Waals surface area contributed by atoms with E-state index in [9.17, 15) is 5.11 Å². The molecule has 2 atom stereocenters. The van der Waals surface area contributed by atoms with Gasteiger partial charge in [-0.2, -0.15) is 0 Å². The summed E-state index contributed by atoms with van der Waals surface area (Å²) in [7, 11) is 1.59. The van der Waals surface area contributed by atoms with Crippen LogP contribution in [0.5, 0.6) is 0 Å². The monoisotopic (exact) mass is 187 g/mol.